The monoisotopic (exact) mass is 273 g/mol. The minimum absolute atomic E-state index is 0.0225. The molecule has 1 aromatic carbocycles. The van der Waals surface area contributed by atoms with Crippen LogP contribution in [0, 0.1) is 5.92 Å². The van der Waals surface area contributed by atoms with Crippen molar-refractivity contribution in [3.05, 3.63) is 34.9 Å². The van der Waals surface area contributed by atoms with Crippen molar-refractivity contribution in [2.75, 3.05) is 13.1 Å². The second-order valence-corrected chi connectivity index (χ2v) is 5.77. The molecule has 4 heteroatoms. The molecule has 1 heterocycles. The number of carboxylic acid groups (broad SMARTS) is 1. The number of hydrogen-bond acceptors (Lipinski definition) is 2. The van der Waals surface area contributed by atoms with Crippen molar-refractivity contribution < 1.29 is 14.7 Å². The van der Waals surface area contributed by atoms with Crippen molar-refractivity contribution >= 4 is 11.9 Å². The van der Waals surface area contributed by atoms with Gasteiger partial charge in [0, 0.05) is 18.7 Å². The van der Waals surface area contributed by atoms with Gasteiger partial charge in [0.05, 0.1) is 5.92 Å². The Balaban J connectivity index is 1.76. The molecule has 20 heavy (non-hydrogen) atoms. The van der Waals surface area contributed by atoms with Gasteiger partial charge in [0.15, 0.2) is 0 Å². The lowest BCUT2D eigenvalue weighted by Gasteiger charge is -2.30. The molecule has 1 fully saturated rings. The van der Waals surface area contributed by atoms with Gasteiger partial charge in [-0.05, 0) is 55.4 Å². The summed E-state index contributed by atoms with van der Waals surface area (Å²) in [6, 6.07) is 5.93. The van der Waals surface area contributed by atoms with Crippen LogP contribution in [0.2, 0.25) is 0 Å². The third-order valence-electron chi connectivity index (χ3n) is 4.40. The highest BCUT2D eigenvalue weighted by Gasteiger charge is 2.29. The van der Waals surface area contributed by atoms with E-state index in [9.17, 15) is 9.59 Å². The summed E-state index contributed by atoms with van der Waals surface area (Å²) in [5.74, 6) is -1.23. The normalized spacial score (nSPS) is 21.6. The number of benzene rings is 1. The third-order valence-corrected chi connectivity index (χ3v) is 4.40. The Bertz CT molecular complexity index is 553. The molecule has 1 aromatic rings. The first-order valence-electron chi connectivity index (χ1n) is 7.29. The van der Waals surface area contributed by atoms with Gasteiger partial charge in [0.1, 0.15) is 0 Å². The van der Waals surface area contributed by atoms with E-state index in [0.717, 1.165) is 25.7 Å². The molecule has 0 bridgehead atoms. The minimum atomic E-state index is -0.795. The van der Waals surface area contributed by atoms with E-state index in [4.69, 9.17) is 5.11 Å². The van der Waals surface area contributed by atoms with Crippen molar-refractivity contribution in [1.29, 1.82) is 0 Å². The molecule has 1 saturated heterocycles. The fourth-order valence-electron chi connectivity index (χ4n) is 3.25. The van der Waals surface area contributed by atoms with E-state index < -0.39 is 11.9 Å². The molecule has 106 valence electrons. The molecule has 3 rings (SSSR count). The lowest BCUT2D eigenvalue weighted by Crippen LogP contribution is -2.42. The molecule has 0 spiro atoms. The number of likely N-dealkylation sites (tertiary alicyclic amines) is 1. The Morgan fingerprint density at radius 3 is 2.75 bits per heavy atom. The Hall–Kier alpha value is -1.84. The molecule has 1 unspecified atom stereocenters. The summed E-state index contributed by atoms with van der Waals surface area (Å²) in [5, 5.41) is 9.10. The predicted octanol–water partition coefficient (Wildman–Crippen LogP) is 2.11. The number of hydrogen-bond donors (Lipinski definition) is 1. The van der Waals surface area contributed by atoms with Gasteiger partial charge in [-0.1, -0.05) is 6.07 Å². The Morgan fingerprint density at radius 1 is 1.15 bits per heavy atom. The van der Waals surface area contributed by atoms with Crippen LogP contribution in [-0.2, 0) is 17.6 Å². The maximum Gasteiger partial charge on any atom is 0.308 e. The first-order chi connectivity index (χ1) is 9.65. The van der Waals surface area contributed by atoms with Crippen LogP contribution in [0.4, 0.5) is 0 Å². The van der Waals surface area contributed by atoms with Crippen molar-refractivity contribution in [1.82, 2.24) is 4.90 Å². The van der Waals surface area contributed by atoms with Crippen LogP contribution in [0.3, 0.4) is 0 Å². The minimum Gasteiger partial charge on any atom is -0.481 e. The van der Waals surface area contributed by atoms with Gasteiger partial charge in [-0.3, -0.25) is 9.59 Å². The van der Waals surface area contributed by atoms with E-state index in [1.807, 2.05) is 18.2 Å². The zero-order valence-corrected chi connectivity index (χ0v) is 11.5. The Morgan fingerprint density at radius 2 is 1.95 bits per heavy atom. The second kappa shape index (κ2) is 5.27. The third kappa shape index (κ3) is 2.42. The first kappa shape index (κ1) is 13.2. The van der Waals surface area contributed by atoms with E-state index >= 15 is 0 Å². The van der Waals surface area contributed by atoms with Crippen molar-refractivity contribution in [2.45, 2.75) is 32.1 Å². The Labute approximate surface area is 118 Å². The second-order valence-electron chi connectivity index (χ2n) is 5.77. The van der Waals surface area contributed by atoms with Crippen LogP contribution >= 0.6 is 0 Å². The average molecular weight is 273 g/mol. The summed E-state index contributed by atoms with van der Waals surface area (Å²) in [7, 11) is 0. The van der Waals surface area contributed by atoms with Gasteiger partial charge >= 0.3 is 5.97 Å². The molecule has 2 aliphatic rings. The number of piperidine rings is 1. The molecule has 1 aliphatic carbocycles. The van der Waals surface area contributed by atoms with E-state index in [1.54, 1.807) is 4.90 Å². The summed E-state index contributed by atoms with van der Waals surface area (Å²) >= 11 is 0. The smallest absolute Gasteiger partial charge is 0.308 e. The van der Waals surface area contributed by atoms with Gasteiger partial charge in [0.25, 0.3) is 5.91 Å². The molecule has 0 aromatic heterocycles. The number of aliphatic carboxylic acids is 1. The van der Waals surface area contributed by atoms with Crippen molar-refractivity contribution in [3.8, 4) is 0 Å². The highest BCUT2D eigenvalue weighted by Crippen LogP contribution is 2.24. The largest absolute Gasteiger partial charge is 0.481 e. The van der Waals surface area contributed by atoms with E-state index in [0.29, 0.717) is 25.1 Å². The molecule has 1 aliphatic heterocycles. The lowest BCUT2D eigenvalue weighted by atomic mass is 9.97. The summed E-state index contributed by atoms with van der Waals surface area (Å²) in [6.07, 6.45) is 4.76. The van der Waals surface area contributed by atoms with E-state index in [-0.39, 0.29) is 5.91 Å². The summed E-state index contributed by atoms with van der Waals surface area (Å²) in [4.78, 5) is 25.3. The summed E-state index contributed by atoms with van der Waals surface area (Å²) in [6.45, 7) is 1.00. The number of aryl methyl sites for hydroxylation is 2. The quantitative estimate of drug-likeness (QED) is 0.898. The van der Waals surface area contributed by atoms with Crippen LogP contribution in [0.25, 0.3) is 0 Å². The number of carbonyl (C=O) groups excluding carboxylic acids is 1. The number of rotatable bonds is 2. The van der Waals surface area contributed by atoms with Crippen LogP contribution < -0.4 is 0 Å². The van der Waals surface area contributed by atoms with Gasteiger partial charge in [0.2, 0.25) is 0 Å². The number of carbonyl (C=O) groups is 2. The zero-order valence-electron chi connectivity index (χ0n) is 11.5. The molecule has 1 N–H and O–H groups in total. The molecular weight excluding hydrogens is 254 g/mol. The molecule has 0 saturated carbocycles. The summed E-state index contributed by atoms with van der Waals surface area (Å²) in [5.41, 5.74) is 3.34. The maximum atomic E-state index is 12.5. The van der Waals surface area contributed by atoms with Crippen molar-refractivity contribution in [3.63, 3.8) is 0 Å². The molecule has 1 atom stereocenters. The predicted molar refractivity (Wildman–Crippen MR) is 74.7 cm³/mol. The molecular formula is C16H19NO3. The van der Waals surface area contributed by atoms with Gasteiger partial charge in [-0.15, -0.1) is 0 Å². The number of carboxylic acids is 1. The highest BCUT2D eigenvalue weighted by atomic mass is 16.4. The summed E-state index contributed by atoms with van der Waals surface area (Å²) < 4.78 is 0. The molecule has 4 nitrogen and oxygen atoms in total. The SMILES string of the molecule is O=C(O)C1CCCN(C(=O)c2ccc3c(c2)CCC3)C1. The average Bonchev–Trinajstić information content (AvgIpc) is 2.94. The number of fused-ring (bicyclic) bond motifs is 1. The van der Waals surface area contributed by atoms with Gasteiger partial charge < -0.3 is 10.0 Å². The number of nitrogens with zero attached hydrogens (tertiary/aromatic N) is 1. The lowest BCUT2D eigenvalue weighted by molar-refractivity contribution is -0.143. The molecule has 0 radical (unpaired) electrons. The van der Waals surface area contributed by atoms with E-state index in [1.165, 1.54) is 11.1 Å². The topological polar surface area (TPSA) is 57.6 Å². The first-order valence-corrected chi connectivity index (χ1v) is 7.29. The van der Waals surface area contributed by atoms with Crippen LogP contribution in [0.15, 0.2) is 18.2 Å². The van der Waals surface area contributed by atoms with Gasteiger partial charge in [-0.2, -0.15) is 0 Å². The van der Waals surface area contributed by atoms with Crippen LogP contribution in [0.1, 0.15) is 40.7 Å². The van der Waals surface area contributed by atoms with Gasteiger partial charge in [-0.25, -0.2) is 0 Å². The fraction of sp³-hybridized carbons (Fsp3) is 0.500. The van der Waals surface area contributed by atoms with Crippen LogP contribution in [-0.4, -0.2) is 35.0 Å². The fourth-order valence-corrected chi connectivity index (χ4v) is 3.25. The van der Waals surface area contributed by atoms with E-state index in [2.05, 4.69) is 0 Å². The van der Waals surface area contributed by atoms with Crippen LogP contribution in [0.5, 0.6) is 0 Å². The highest BCUT2D eigenvalue weighted by molar-refractivity contribution is 5.95. The maximum absolute atomic E-state index is 12.5. The zero-order chi connectivity index (χ0) is 14.1. The van der Waals surface area contributed by atoms with Crippen molar-refractivity contribution in [2.24, 2.45) is 5.92 Å². The Kier molecular flexibility index (Phi) is 3.47. The number of amides is 1. The standard InChI is InChI=1S/C16H19NO3/c18-15(17-8-2-5-14(10-17)16(19)20)13-7-6-11-3-1-4-12(11)9-13/h6-7,9,14H,1-5,8,10H2,(H,19,20). The molecule has 1 amide bonds.